The highest BCUT2D eigenvalue weighted by Crippen LogP contribution is 1.99. The van der Waals surface area contributed by atoms with E-state index in [0.29, 0.717) is 11.2 Å². The fraction of sp³-hybridized carbons (Fsp3) is 0.167. The Morgan fingerprint density at radius 3 is 2.89 bits per heavy atom. The first-order valence-electron chi connectivity index (χ1n) is 2.58. The smallest absolute Gasteiger partial charge is 0.121 e. The Labute approximate surface area is 55.3 Å². The van der Waals surface area contributed by atoms with Crippen LogP contribution < -0.4 is 10.2 Å². The van der Waals surface area contributed by atoms with Gasteiger partial charge in [0.2, 0.25) is 0 Å². The van der Waals surface area contributed by atoms with Gasteiger partial charge < -0.3 is 4.74 Å². The predicted octanol–water partition coefficient (Wildman–Crippen LogP) is -0.116. The molecule has 0 aliphatic rings. The molecular formula is C6H6BNO. The lowest BCUT2D eigenvalue weighted by Gasteiger charge is -2.00. The summed E-state index contributed by atoms with van der Waals surface area (Å²) in [5.41, 5.74) is 0.569. The highest BCUT2D eigenvalue weighted by atomic mass is 16.5. The van der Waals surface area contributed by atoms with E-state index in [4.69, 9.17) is 12.6 Å². The molecule has 0 spiro atoms. The van der Waals surface area contributed by atoms with Crippen molar-refractivity contribution in [3.63, 3.8) is 0 Å². The molecule has 1 aromatic rings. The lowest BCUT2D eigenvalue weighted by atomic mass is 9.98. The molecule has 3 heteroatoms. The van der Waals surface area contributed by atoms with E-state index in [-0.39, 0.29) is 0 Å². The van der Waals surface area contributed by atoms with Gasteiger partial charge in [0.05, 0.1) is 7.11 Å². The lowest BCUT2D eigenvalue weighted by molar-refractivity contribution is 0.418. The highest BCUT2D eigenvalue weighted by Gasteiger charge is 1.91. The Kier molecular flexibility index (Phi) is 1.73. The Morgan fingerprint density at radius 1 is 1.67 bits per heavy atom. The summed E-state index contributed by atoms with van der Waals surface area (Å²) in [7, 11) is 7.02. The Balaban J connectivity index is 3.01. The molecule has 1 heterocycles. The lowest BCUT2D eigenvalue weighted by Crippen LogP contribution is -2.06. The van der Waals surface area contributed by atoms with Crippen LogP contribution in [0.2, 0.25) is 0 Å². The molecule has 2 radical (unpaired) electrons. The number of hydrogen-bond donors (Lipinski definition) is 0. The number of rotatable bonds is 1. The van der Waals surface area contributed by atoms with Crippen molar-refractivity contribution in [3.8, 4) is 5.75 Å². The van der Waals surface area contributed by atoms with Crippen LogP contribution in [0.5, 0.6) is 5.75 Å². The van der Waals surface area contributed by atoms with Crippen LogP contribution in [0.3, 0.4) is 0 Å². The fourth-order valence-electron chi connectivity index (χ4n) is 0.580. The minimum atomic E-state index is 0.569. The summed E-state index contributed by atoms with van der Waals surface area (Å²) < 4.78 is 4.88. The van der Waals surface area contributed by atoms with Gasteiger partial charge in [-0.1, -0.05) is 0 Å². The highest BCUT2D eigenvalue weighted by molar-refractivity contribution is 6.33. The van der Waals surface area contributed by atoms with E-state index >= 15 is 0 Å². The molecular weight excluding hydrogens is 113 g/mol. The van der Waals surface area contributed by atoms with Crippen LogP contribution in [0.1, 0.15) is 0 Å². The minimum absolute atomic E-state index is 0.569. The first kappa shape index (κ1) is 6.14. The summed E-state index contributed by atoms with van der Waals surface area (Å²) in [6, 6.07) is 1.72. The summed E-state index contributed by atoms with van der Waals surface area (Å²) in [5.74, 6) is 0.671. The average molecular weight is 119 g/mol. The van der Waals surface area contributed by atoms with Gasteiger partial charge in [-0.15, -0.1) is 0 Å². The summed E-state index contributed by atoms with van der Waals surface area (Å²) in [5, 5.41) is 0. The fourth-order valence-corrected chi connectivity index (χ4v) is 0.580. The molecule has 0 amide bonds. The SMILES string of the molecule is [B]c1cnccc1OC. The van der Waals surface area contributed by atoms with Crippen LogP contribution in [0.25, 0.3) is 0 Å². The largest absolute Gasteiger partial charge is 0.497 e. The molecule has 2 nitrogen and oxygen atoms in total. The van der Waals surface area contributed by atoms with Gasteiger partial charge in [0.1, 0.15) is 13.6 Å². The van der Waals surface area contributed by atoms with Crippen molar-refractivity contribution in [1.82, 2.24) is 4.98 Å². The maximum Gasteiger partial charge on any atom is 0.121 e. The van der Waals surface area contributed by atoms with Gasteiger partial charge in [-0.2, -0.15) is 0 Å². The number of nitrogens with zero attached hydrogens (tertiary/aromatic N) is 1. The van der Waals surface area contributed by atoms with Crippen LogP contribution in [0.4, 0.5) is 0 Å². The first-order chi connectivity index (χ1) is 4.34. The van der Waals surface area contributed by atoms with E-state index in [1.165, 1.54) is 0 Å². The van der Waals surface area contributed by atoms with E-state index in [1.807, 2.05) is 0 Å². The van der Waals surface area contributed by atoms with Crippen molar-refractivity contribution in [1.29, 1.82) is 0 Å². The van der Waals surface area contributed by atoms with Crippen molar-refractivity contribution >= 4 is 13.3 Å². The molecule has 0 saturated heterocycles. The van der Waals surface area contributed by atoms with Crippen molar-refractivity contribution in [2.75, 3.05) is 7.11 Å². The Morgan fingerprint density at radius 2 is 2.44 bits per heavy atom. The monoisotopic (exact) mass is 119 g/mol. The standard InChI is InChI=1S/C6H6BNO/c1-9-6-2-3-8-4-5(6)7/h2-4H,1H3. The second-order valence-corrected chi connectivity index (χ2v) is 1.62. The third-order valence-electron chi connectivity index (χ3n) is 1.03. The molecule has 0 aliphatic carbocycles. The molecule has 9 heavy (non-hydrogen) atoms. The topological polar surface area (TPSA) is 22.1 Å². The van der Waals surface area contributed by atoms with Crippen molar-refractivity contribution in [3.05, 3.63) is 18.5 Å². The molecule has 1 rings (SSSR count). The maximum absolute atomic E-state index is 5.44. The van der Waals surface area contributed by atoms with E-state index in [2.05, 4.69) is 4.98 Å². The van der Waals surface area contributed by atoms with E-state index < -0.39 is 0 Å². The summed E-state index contributed by atoms with van der Waals surface area (Å²) in [4.78, 5) is 3.79. The van der Waals surface area contributed by atoms with Gasteiger partial charge in [-0.05, 0) is 11.5 Å². The number of aromatic nitrogens is 1. The van der Waals surface area contributed by atoms with Gasteiger partial charge in [0, 0.05) is 12.4 Å². The van der Waals surface area contributed by atoms with E-state index in [0.717, 1.165) is 0 Å². The molecule has 0 N–H and O–H groups in total. The van der Waals surface area contributed by atoms with Gasteiger partial charge >= 0.3 is 0 Å². The van der Waals surface area contributed by atoms with Gasteiger partial charge in [0.15, 0.2) is 0 Å². The summed E-state index contributed by atoms with van der Waals surface area (Å²) in [6.07, 6.45) is 3.19. The Bertz CT molecular complexity index is 202. The van der Waals surface area contributed by atoms with Crippen molar-refractivity contribution in [2.45, 2.75) is 0 Å². The zero-order chi connectivity index (χ0) is 6.69. The van der Waals surface area contributed by atoms with Crippen molar-refractivity contribution in [2.24, 2.45) is 0 Å². The van der Waals surface area contributed by atoms with Crippen LogP contribution in [0, 0.1) is 0 Å². The van der Waals surface area contributed by atoms with Crippen LogP contribution in [-0.2, 0) is 0 Å². The molecule has 0 aliphatic heterocycles. The average Bonchev–Trinajstić information content (AvgIpc) is 1.89. The molecule has 0 fully saturated rings. The number of hydrogen-bond acceptors (Lipinski definition) is 2. The zero-order valence-corrected chi connectivity index (χ0v) is 5.16. The van der Waals surface area contributed by atoms with Gasteiger partial charge in [-0.25, -0.2) is 0 Å². The molecule has 1 aromatic heterocycles. The minimum Gasteiger partial charge on any atom is -0.497 e. The quantitative estimate of drug-likeness (QED) is 0.481. The third-order valence-corrected chi connectivity index (χ3v) is 1.03. The Hall–Kier alpha value is -0.985. The third kappa shape index (κ3) is 1.22. The summed E-state index contributed by atoms with van der Waals surface area (Å²) in [6.45, 7) is 0. The number of methoxy groups -OCH3 is 1. The number of ether oxygens (including phenoxy) is 1. The molecule has 0 unspecified atom stereocenters. The second-order valence-electron chi connectivity index (χ2n) is 1.62. The normalized spacial score (nSPS) is 9.00. The maximum atomic E-state index is 5.44. The van der Waals surface area contributed by atoms with E-state index in [1.54, 1.807) is 25.6 Å². The predicted molar refractivity (Wildman–Crippen MR) is 36.2 cm³/mol. The first-order valence-corrected chi connectivity index (χ1v) is 2.58. The zero-order valence-electron chi connectivity index (χ0n) is 5.16. The molecule has 0 bridgehead atoms. The second kappa shape index (κ2) is 2.53. The van der Waals surface area contributed by atoms with Crippen LogP contribution >= 0.6 is 0 Å². The number of pyridine rings is 1. The van der Waals surface area contributed by atoms with Gasteiger partial charge in [0.25, 0.3) is 0 Å². The molecule has 0 saturated carbocycles. The molecule has 0 aromatic carbocycles. The van der Waals surface area contributed by atoms with Crippen LogP contribution in [-0.4, -0.2) is 19.9 Å². The molecule has 44 valence electrons. The van der Waals surface area contributed by atoms with Gasteiger partial charge in [-0.3, -0.25) is 4.98 Å². The summed E-state index contributed by atoms with van der Waals surface area (Å²) >= 11 is 0. The van der Waals surface area contributed by atoms with Crippen molar-refractivity contribution < 1.29 is 4.74 Å². The van der Waals surface area contributed by atoms with E-state index in [9.17, 15) is 0 Å². The molecule has 0 atom stereocenters. The van der Waals surface area contributed by atoms with Crippen LogP contribution in [0.15, 0.2) is 18.5 Å².